The molecule has 0 unspecified atom stereocenters. The number of quaternary nitrogens is 1. The quantitative estimate of drug-likeness (QED) is 0.626. The molecule has 150 valence electrons. The van der Waals surface area contributed by atoms with Crippen molar-refractivity contribution in [3.63, 3.8) is 0 Å². The fourth-order valence-corrected chi connectivity index (χ4v) is 5.18. The van der Waals surface area contributed by atoms with Crippen molar-refractivity contribution < 1.29 is 10.4 Å². The monoisotopic (exact) mass is 386 g/mol. The Hall–Kier alpha value is -2.42. The molecule has 1 fully saturated rings. The molecule has 0 bridgehead atoms. The van der Waals surface area contributed by atoms with Crippen LogP contribution in [0.5, 0.6) is 0 Å². The summed E-state index contributed by atoms with van der Waals surface area (Å²) in [6, 6.07) is 32.4. The Morgan fingerprint density at radius 1 is 0.828 bits per heavy atom. The maximum atomic E-state index is 12.2. The van der Waals surface area contributed by atoms with Crippen LogP contribution in [0, 0.1) is 5.92 Å². The summed E-state index contributed by atoms with van der Waals surface area (Å²) in [5, 5.41) is 14.7. The molecule has 3 aromatic carbocycles. The molecule has 2 heteroatoms. The molecule has 1 saturated heterocycles. The van der Waals surface area contributed by atoms with Gasteiger partial charge in [-0.25, -0.2) is 0 Å². The van der Waals surface area contributed by atoms with Crippen LogP contribution < -0.4 is 5.32 Å². The smallest absolute Gasteiger partial charge is 0.118 e. The summed E-state index contributed by atoms with van der Waals surface area (Å²) in [6.07, 6.45) is 3.59. The summed E-state index contributed by atoms with van der Waals surface area (Å²) in [6.45, 7) is 2.23. The topological polar surface area (TPSA) is 36.8 Å². The molecule has 1 aliphatic rings. The van der Waals surface area contributed by atoms with Gasteiger partial charge in [-0.2, -0.15) is 0 Å². The van der Waals surface area contributed by atoms with Crippen LogP contribution in [0.3, 0.4) is 0 Å². The van der Waals surface area contributed by atoms with Gasteiger partial charge in [0.1, 0.15) is 12.1 Å². The molecular formula is C27H32NO+. The van der Waals surface area contributed by atoms with Gasteiger partial charge in [-0.15, -0.1) is 0 Å². The molecule has 0 spiro atoms. The fraction of sp³-hybridized carbons (Fsp3) is 0.333. The highest BCUT2D eigenvalue weighted by Gasteiger charge is 2.50. The number of hydrogen-bond donors (Lipinski definition) is 2. The zero-order chi connectivity index (χ0) is 20.1. The number of nitrogens with two attached hydrogens (primary N) is 1. The van der Waals surface area contributed by atoms with Gasteiger partial charge in [0, 0.05) is 29.9 Å². The van der Waals surface area contributed by atoms with E-state index in [9.17, 15) is 5.11 Å². The molecule has 2 nitrogen and oxygen atoms in total. The fourth-order valence-electron chi connectivity index (χ4n) is 5.18. The van der Waals surface area contributed by atoms with Crippen molar-refractivity contribution >= 4 is 0 Å². The van der Waals surface area contributed by atoms with Gasteiger partial charge in [0.25, 0.3) is 0 Å². The Labute approximate surface area is 174 Å². The van der Waals surface area contributed by atoms with Gasteiger partial charge in [0.05, 0.1) is 5.60 Å². The van der Waals surface area contributed by atoms with Gasteiger partial charge in [-0.05, 0) is 12.0 Å². The van der Waals surface area contributed by atoms with E-state index in [-0.39, 0.29) is 18.0 Å². The van der Waals surface area contributed by atoms with Crippen LogP contribution in [0.1, 0.15) is 55.0 Å². The van der Waals surface area contributed by atoms with Crippen molar-refractivity contribution in [3.8, 4) is 0 Å². The van der Waals surface area contributed by atoms with Crippen LogP contribution in [0.4, 0.5) is 0 Å². The van der Waals surface area contributed by atoms with Crippen molar-refractivity contribution in [1.29, 1.82) is 0 Å². The number of aliphatic hydroxyl groups is 1. The molecule has 0 aliphatic carbocycles. The van der Waals surface area contributed by atoms with Crippen molar-refractivity contribution in [3.05, 3.63) is 108 Å². The Kier molecular flexibility index (Phi) is 6.13. The van der Waals surface area contributed by atoms with E-state index in [1.165, 1.54) is 16.7 Å². The minimum atomic E-state index is -0.729. The first-order valence-corrected chi connectivity index (χ1v) is 10.9. The molecule has 1 heterocycles. The van der Waals surface area contributed by atoms with E-state index in [0.29, 0.717) is 6.42 Å². The number of rotatable bonds is 6. The summed E-state index contributed by atoms with van der Waals surface area (Å²) in [4.78, 5) is 0. The number of benzene rings is 3. The van der Waals surface area contributed by atoms with Gasteiger partial charge in [0.2, 0.25) is 0 Å². The van der Waals surface area contributed by atoms with E-state index in [1.54, 1.807) is 0 Å². The van der Waals surface area contributed by atoms with Crippen LogP contribution in [-0.2, 0) is 6.42 Å². The van der Waals surface area contributed by atoms with Crippen LogP contribution in [-0.4, -0.2) is 10.7 Å². The largest absolute Gasteiger partial charge is 0.389 e. The van der Waals surface area contributed by atoms with E-state index in [2.05, 4.69) is 97.2 Å². The van der Waals surface area contributed by atoms with Crippen molar-refractivity contribution in [1.82, 2.24) is 0 Å². The van der Waals surface area contributed by atoms with Gasteiger partial charge in [0.15, 0.2) is 0 Å². The lowest BCUT2D eigenvalue weighted by molar-refractivity contribution is -0.757. The number of piperidine rings is 1. The molecule has 4 rings (SSSR count). The average Bonchev–Trinajstić information content (AvgIpc) is 2.77. The molecule has 3 N–H and O–H groups in total. The highest BCUT2D eigenvalue weighted by molar-refractivity contribution is 5.25. The van der Waals surface area contributed by atoms with E-state index in [0.717, 1.165) is 19.3 Å². The zero-order valence-electron chi connectivity index (χ0n) is 17.2. The predicted octanol–water partition coefficient (Wildman–Crippen LogP) is 4.83. The van der Waals surface area contributed by atoms with Crippen LogP contribution >= 0.6 is 0 Å². The molecule has 0 radical (unpaired) electrons. The van der Waals surface area contributed by atoms with E-state index in [1.807, 2.05) is 6.07 Å². The summed E-state index contributed by atoms with van der Waals surface area (Å²) >= 11 is 0. The first kappa shape index (κ1) is 19.9. The molecule has 0 amide bonds. The Morgan fingerprint density at radius 3 is 1.97 bits per heavy atom. The lowest BCUT2D eigenvalue weighted by atomic mass is 9.67. The minimum absolute atomic E-state index is 0.218. The van der Waals surface area contributed by atoms with E-state index < -0.39 is 5.60 Å². The molecule has 4 atom stereocenters. The Bertz CT molecular complexity index is 880. The van der Waals surface area contributed by atoms with Gasteiger partial charge >= 0.3 is 0 Å². The second-order valence-electron chi connectivity index (χ2n) is 8.51. The van der Waals surface area contributed by atoms with Crippen molar-refractivity contribution in [2.45, 2.75) is 50.3 Å². The van der Waals surface area contributed by atoms with Crippen LogP contribution in [0.2, 0.25) is 0 Å². The Morgan fingerprint density at radius 2 is 1.38 bits per heavy atom. The van der Waals surface area contributed by atoms with Gasteiger partial charge in [-0.3, -0.25) is 0 Å². The van der Waals surface area contributed by atoms with Gasteiger partial charge < -0.3 is 10.4 Å². The highest BCUT2D eigenvalue weighted by Crippen LogP contribution is 2.43. The predicted molar refractivity (Wildman–Crippen MR) is 118 cm³/mol. The lowest BCUT2D eigenvalue weighted by Crippen LogP contribution is -2.91. The van der Waals surface area contributed by atoms with E-state index in [4.69, 9.17) is 0 Å². The van der Waals surface area contributed by atoms with Gasteiger partial charge in [-0.1, -0.05) is 104 Å². The molecule has 1 aliphatic heterocycles. The molecule has 3 aromatic rings. The van der Waals surface area contributed by atoms with Crippen LogP contribution in [0.25, 0.3) is 0 Å². The SMILES string of the molecule is CCC[C@H]1[C@H](c2ccccc2)[NH2+][C@H](c2ccccc2)C[C@]1(O)Cc1ccccc1. The average molecular weight is 387 g/mol. The molecular weight excluding hydrogens is 354 g/mol. The van der Waals surface area contributed by atoms with Crippen LogP contribution in [0.15, 0.2) is 91.0 Å². The maximum Gasteiger partial charge on any atom is 0.118 e. The summed E-state index contributed by atoms with van der Waals surface area (Å²) in [5.41, 5.74) is 3.11. The lowest BCUT2D eigenvalue weighted by Gasteiger charge is -2.46. The molecule has 0 saturated carbocycles. The highest BCUT2D eigenvalue weighted by atomic mass is 16.3. The second-order valence-corrected chi connectivity index (χ2v) is 8.51. The summed E-state index contributed by atoms with van der Waals surface area (Å²) in [5.74, 6) is 0.218. The third kappa shape index (κ3) is 4.44. The number of hydrogen-bond acceptors (Lipinski definition) is 1. The third-order valence-corrected chi connectivity index (χ3v) is 6.50. The zero-order valence-corrected chi connectivity index (χ0v) is 17.2. The first-order chi connectivity index (χ1) is 14.2. The summed E-state index contributed by atoms with van der Waals surface area (Å²) in [7, 11) is 0. The Balaban J connectivity index is 1.75. The van der Waals surface area contributed by atoms with E-state index >= 15 is 0 Å². The standard InChI is InChI=1S/C27H31NO/c1-2-12-24-26(23-17-10-5-11-18-23)28-25(22-15-8-4-9-16-22)20-27(24,29)19-21-13-6-3-7-14-21/h3-11,13-18,24-26,28-29H,2,12,19-20H2,1H3/p+1/t24-,25-,26-,27+/m0/s1. The molecule has 0 aromatic heterocycles. The minimum Gasteiger partial charge on any atom is -0.389 e. The third-order valence-electron chi connectivity index (χ3n) is 6.50. The van der Waals surface area contributed by atoms with Crippen molar-refractivity contribution in [2.75, 3.05) is 0 Å². The second kappa shape index (κ2) is 8.94. The summed E-state index contributed by atoms with van der Waals surface area (Å²) < 4.78 is 0. The molecule has 29 heavy (non-hydrogen) atoms. The van der Waals surface area contributed by atoms with Crippen molar-refractivity contribution in [2.24, 2.45) is 5.92 Å². The normalized spacial score (nSPS) is 26.9. The maximum absolute atomic E-state index is 12.2. The first-order valence-electron chi connectivity index (χ1n) is 10.9.